The molecule has 3 aromatic carbocycles. The number of methoxy groups -OCH3 is 2. The molecule has 27 heavy (non-hydrogen) atoms. The van der Waals surface area contributed by atoms with Crippen molar-refractivity contribution >= 4 is 0 Å². The molecule has 0 spiro atoms. The zero-order valence-corrected chi connectivity index (χ0v) is 15.6. The van der Waals surface area contributed by atoms with Gasteiger partial charge in [-0.15, -0.1) is 0 Å². The van der Waals surface area contributed by atoms with Crippen LogP contribution in [-0.4, -0.2) is 32.5 Å². The summed E-state index contributed by atoms with van der Waals surface area (Å²) in [5, 5.41) is 9.54. The number of aliphatic hydroxyl groups excluding tert-OH is 1. The largest absolute Gasteiger partial charge is 0.496 e. The maximum atomic E-state index is 9.54. The Kier molecular flexibility index (Phi) is 6.12. The molecule has 0 aliphatic heterocycles. The topological polar surface area (TPSA) is 47.9 Å². The minimum absolute atomic E-state index is 0.0983. The van der Waals surface area contributed by atoms with Crippen LogP contribution in [0, 0.1) is 0 Å². The SMILES string of the molecule is COc1ccccc1C(OCCO)(c1ccccc1)c1ccccc1OC. The van der Waals surface area contributed by atoms with E-state index in [2.05, 4.69) is 0 Å². The molecule has 0 saturated carbocycles. The first kappa shape index (κ1) is 19.0. The van der Waals surface area contributed by atoms with Crippen molar-refractivity contribution in [1.29, 1.82) is 0 Å². The van der Waals surface area contributed by atoms with E-state index in [9.17, 15) is 5.11 Å². The summed E-state index contributed by atoms with van der Waals surface area (Å²) in [6, 6.07) is 25.5. The van der Waals surface area contributed by atoms with E-state index in [0.717, 1.165) is 16.7 Å². The molecule has 4 nitrogen and oxygen atoms in total. The summed E-state index contributed by atoms with van der Waals surface area (Å²) in [5.74, 6) is 1.40. The molecule has 0 aliphatic rings. The van der Waals surface area contributed by atoms with Crippen LogP contribution >= 0.6 is 0 Å². The molecule has 0 saturated heterocycles. The number of hydrogen-bond acceptors (Lipinski definition) is 4. The fraction of sp³-hybridized carbons (Fsp3) is 0.217. The van der Waals surface area contributed by atoms with Crippen molar-refractivity contribution in [2.45, 2.75) is 5.60 Å². The highest BCUT2D eigenvalue weighted by Gasteiger charge is 2.41. The lowest BCUT2D eigenvalue weighted by atomic mass is 9.79. The predicted molar refractivity (Wildman–Crippen MR) is 105 cm³/mol. The minimum Gasteiger partial charge on any atom is -0.496 e. The quantitative estimate of drug-likeness (QED) is 0.614. The first-order chi connectivity index (χ1) is 13.3. The lowest BCUT2D eigenvalue weighted by molar-refractivity contribution is -0.00897. The van der Waals surface area contributed by atoms with E-state index < -0.39 is 5.60 Å². The fourth-order valence-corrected chi connectivity index (χ4v) is 3.44. The second-order valence-corrected chi connectivity index (χ2v) is 6.02. The number of benzene rings is 3. The van der Waals surface area contributed by atoms with E-state index in [-0.39, 0.29) is 13.2 Å². The average Bonchev–Trinajstić information content (AvgIpc) is 2.75. The van der Waals surface area contributed by atoms with Gasteiger partial charge in [-0.3, -0.25) is 0 Å². The van der Waals surface area contributed by atoms with Gasteiger partial charge in [-0.2, -0.15) is 0 Å². The summed E-state index contributed by atoms with van der Waals surface area (Å²) in [6.07, 6.45) is 0. The van der Waals surface area contributed by atoms with Crippen molar-refractivity contribution in [3.05, 3.63) is 95.6 Å². The second kappa shape index (κ2) is 8.71. The van der Waals surface area contributed by atoms with Crippen molar-refractivity contribution in [2.75, 3.05) is 27.4 Å². The van der Waals surface area contributed by atoms with Crippen molar-refractivity contribution in [3.63, 3.8) is 0 Å². The molecule has 140 valence electrons. The first-order valence-corrected chi connectivity index (χ1v) is 8.85. The highest BCUT2D eigenvalue weighted by molar-refractivity contribution is 5.56. The molecule has 0 amide bonds. The van der Waals surface area contributed by atoms with Crippen LogP contribution in [0.15, 0.2) is 78.9 Å². The Bertz CT molecular complexity index is 814. The molecule has 0 fully saturated rings. The maximum absolute atomic E-state index is 9.54. The Labute approximate surface area is 160 Å². The highest BCUT2D eigenvalue weighted by atomic mass is 16.5. The Morgan fingerprint density at radius 1 is 0.704 bits per heavy atom. The molecular formula is C23H24O4. The van der Waals surface area contributed by atoms with Gasteiger partial charge in [0, 0.05) is 11.1 Å². The Morgan fingerprint density at radius 2 is 1.19 bits per heavy atom. The number of ether oxygens (including phenoxy) is 3. The van der Waals surface area contributed by atoms with E-state index in [1.807, 2.05) is 78.9 Å². The van der Waals surface area contributed by atoms with Crippen molar-refractivity contribution in [1.82, 2.24) is 0 Å². The molecule has 0 atom stereocenters. The molecule has 0 aliphatic carbocycles. The lowest BCUT2D eigenvalue weighted by Crippen LogP contribution is -2.35. The summed E-state index contributed by atoms with van der Waals surface area (Å²) in [5.41, 5.74) is 1.61. The van der Waals surface area contributed by atoms with Gasteiger partial charge >= 0.3 is 0 Å². The van der Waals surface area contributed by atoms with E-state index >= 15 is 0 Å². The monoisotopic (exact) mass is 364 g/mol. The van der Waals surface area contributed by atoms with E-state index in [0.29, 0.717) is 11.5 Å². The van der Waals surface area contributed by atoms with Crippen LogP contribution in [0.4, 0.5) is 0 Å². The van der Waals surface area contributed by atoms with Gasteiger partial charge in [0.1, 0.15) is 11.5 Å². The van der Waals surface area contributed by atoms with Gasteiger partial charge in [0.2, 0.25) is 0 Å². The summed E-state index contributed by atoms with van der Waals surface area (Å²) in [7, 11) is 3.28. The van der Waals surface area contributed by atoms with E-state index in [1.54, 1.807) is 14.2 Å². The van der Waals surface area contributed by atoms with Crippen LogP contribution in [-0.2, 0) is 10.3 Å². The van der Waals surface area contributed by atoms with Gasteiger partial charge in [0.15, 0.2) is 5.60 Å². The van der Waals surface area contributed by atoms with E-state index in [1.165, 1.54) is 0 Å². The molecule has 3 rings (SSSR count). The summed E-state index contributed by atoms with van der Waals surface area (Å²) in [6.45, 7) is 0.0594. The van der Waals surface area contributed by atoms with Crippen LogP contribution in [0.1, 0.15) is 16.7 Å². The van der Waals surface area contributed by atoms with Gasteiger partial charge < -0.3 is 19.3 Å². The fourth-order valence-electron chi connectivity index (χ4n) is 3.44. The molecule has 0 aromatic heterocycles. The summed E-state index contributed by atoms with van der Waals surface area (Å²) in [4.78, 5) is 0. The Morgan fingerprint density at radius 3 is 1.67 bits per heavy atom. The zero-order chi connectivity index (χ0) is 19.1. The second-order valence-electron chi connectivity index (χ2n) is 6.02. The van der Waals surface area contributed by atoms with Gasteiger partial charge in [-0.1, -0.05) is 66.7 Å². The molecule has 4 heteroatoms. The number of para-hydroxylation sites is 2. The molecule has 1 N–H and O–H groups in total. The Balaban J connectivity index is 2.39. The van der Waals surface area contributed by atoms with Crippen LogP contribution in [0.3, 0.4) is 0 Å². The van der Waals surface area contributed by atoms with Gasteiger partial charge in [-0.05, 0) is 17.7 Å². The predicted octanol–water partition coefficient (Wildman–Crippen LogP) is 4.00. The van der Waals surface area contributed by atoms with E-state index in [4.69, 9.17) is 14.2 Å². The molecule has 0 heterocycles. The molecule has 3 aromatic rings. The van der Waals surface area contributed by atoms with Crippen LogP contribution in [0.2, 0.25) is 0 Å². The summed E-state index contributed by atoms with van der Waals surface area (Å²) < 4.78 is 17.7. The molecule has 0 unspecified atom stereocenters. The highest BCUT2D eigenvalue weighted by Crippen LogP contribution is 2.47. The van der Waals surface area contributed by atoms with Gasteiger partial charge in [0.25, 0.3) is 0 Å². The molecule has 0 bridgehead atoms. The number of aliphatic hydroxyl groups is 1. The average molecular weight is 364 g/mol. The first-order valence-electron chi connectivity index (χ1n) is 8.85. The maximum Gasteiger partial charge on any atom is 0.150 e. The van der Waals surface area contributed by atoms with Gasteiger partial charge in [0.05, 0.1) is 27.4 Å². The third-order valence-electron chi connectivity index (χ3n) is 4.56. The summed E-state index contributed by atoms with van der Waals surface area (Å²) >= 11 is 0. The van der Waals surface area contributed by atoms with Crippen LogP contribution in [0.5, 0.6) is 11.5 Å². The third-order valence-corrected chi connectivity index (χ3v) is 4.56. The third kappa shape index (κ3) is 3.54. The number of hydrogen-bond donors (Lipinski definition) is 1. The number of rotatable bonds is 8. The van der Waals surface area contributed by atoms with Crippen LogP contribution in [0.25, 0.3) is 0 Å². The van der Waals surface area contributed by atoms with Crippen molar-refractivity contribution in [2.24, 2.45) is 0 Å². The van der Waals surface area contributed by atoms with Crippen molar-refractivity contribution < 1.29 is 19.3 Å². The minimum atomic E-state index is -0.997. The van der Waals surface area contributed by atoms with Gasteiger partial charge in [-0.25, -0.2) is 0 Å². The lowest BCUT2D eigenvalue weighted by Gasteiger charge is -2.37. The molecule has 0 radical (unpaired) electrons. The Hall–Kier alpha value is -2.82. The smallest absolute Gasteiger partial charge is 0.150 e. The zero-order valence-electron chi connectivity index (χ0n) is 15.6. The molecular weight excluding hydrogens is 340 g/mol. The van der Waals surface area contributed by atoms with Crippen LogP contribution < -0.4 is 9.47 Å². The van der Waals surface area contributed by atoms with Crippen molar-refractivity contribution in [3.8, 4) is 11.5 Å². The normalized spacial score (nSPS) is 11.2. The standard InChI is InChI=1S/C23H24O4/c1-25-21-14-8-6-12-19(21)23(27-17-16-24,18-10-4-3-5-11-18)20-13-7-9-15-22(20)26-2/h3-15,24H,16-17H2,1-2H3.